The van der Waals surface area contributed by atoms with E-state index in [9.17, 15) is 4.39 Å². The Morgan fingerprint density at radius 1 is 1.33 bits per heavy atom. The fraction of sp³-hybridized carbons (Fsp3) is 0.571. The van der Waals surface area contributed by atoms with Gasteiger partial charge in [-0.15, -0.1) is 11.6 Å². The molecule has 4 heteroatoms. The summed E-state index contributed by atoms with van der Waals surface area (Å²) in [6.07, 6.45) is 4.80. The van der Waals surface area contributed by atoms with Crippen molar-refractivity contribution < 1.29 is 4.39 Å². The molecule has 1 fully saturated rings. The summed E-state index contributed by atoms with van der Waals surface area (Å²) >= 11 is 9.32. The number of benzene rings is 1. The molecule has 1 aliphatic heterocycles. The molecule has 1 aromatic rings. The van der Waals surface area contributed by atoms with Gasteiger partial charge < -0.3 is 0 Å². The maximum atomic E-state index is 13.8. The number of halogens is 3. The number of nitrogens with zero attached hydrogens (tertiary/aromatic N) is 1. The second-order valence-electron chi connectivity index (χ2n) is 4.86. The normalized spacial score (nSPS) is 21.8. The van der Waals surface area contributed by atoms with E-state index in [0.29, 0.717) is 18.5 Å². The number of alkyl halides is 1. The Hall–Kier alpha value is -0.120. The van der Waals surface area contributed by atoms with Crippen LogP contribution in [0.4, 0.5) is 4.39 Å². The molecule has 0 spiro atoms. The Morgan fingerprint density at radius 2 is 2.17 bits per heavy atom. The van der Waals surface area contributed by atoms with Crippen molar-refractivity contribution in [3.63, 3.8) is 0 Å². The highest BCUT2D eigenvalue weighted by atomic mass is 79.9. The Morgan fingerprint density at radius 3 is 2.89 bits per heavy atom. The third-order valence-electron chi connectivity index (χ3n) is 3.57. The molecule has 1 atom stereocenters. The Balaban J connectivity index is 2.10. The third-order valence-corrected chi connectivity index (χ3v) is 4.42. The van der Waals surface area contributed by atoms with Crippen molar-refractivity contribution in [2.75, 3.05) is 12.4 Å². The number of likely N-dealkylation sites (tertiary alicyclic amines) is 1. The van der Waals surface area contributed by atoms with Crippen LogP contribution in [0.3, 0.4) is 0 Å². The summed E-state index contributed by atoms with van der Waals surface area (Å²) < 4.78 is 14.6. The highest BCUT2D eigenvalue weighted by Gasteiger charge is 2.21. The molecular weight excluding hydrogens is 317 g/mol. The quantitative estimate of drug-likeness (QED) is 0.732. The summed E-state index contributed by atoms with van der Waals surface area (Å²) in [5.74, 6) is 0.500. The fourth-order valence-electron chi connectivity index (χ4n) is 2.49. The van der Waals surface area contributed by atoms with E-state index < -0.39 is 0 Å². The fourth-order valence-corrected chi connectivity index (χ4v) is 3.17. The van der Waals surface area contributed by atoms with E-state index in [0.717, 1.165) is 23.0 Å². The number of rotatable bonds is 3. The molecule has 1 aromatic carbocycles. The van der Waals surface area contributed by atoms with Crippen LogP contribution in [0, 0.1) is 5.82 Å². The van der Waals surface area contributed by atoms with Crippen LogP contribution in [-0.4, -0.2) is 23.4 Å². The van der Waals surface area contributed by atoms with Gasteiger partial charge in [0.25, 0.3) is 0 Å². The van der Waals surface area contributed by atoms with Crippen LogP contribution in [0.15, 0.2) is 22.7 Å². The first kappa shape index (κ1) is 14.3. The van der Waals surface area contributed by atoms with Crippen LogP contribution >= 0.6 is 27.5 Å². The molecule has 0 N–H and O–H groups in total. The standard InChI is InChI=1S/C14H18BrClFN/c15-12-6-5-11(14(17)8-12)10-18-7-3-1-2-4-13(18)9-16/h5-6,8,13H,1-4,7,9-10H2. The van der Waals surface area contributed by atoms with E-state index >= 15 is 0 Å². The second-order valence-corrected chi connectivity index (χ2v) is 6.09. The van der Waals surface area contributed by atoms with Gasteiger partial charge in [0.05, 0.1) is 0 Å². The van der Waals surface area contributed by atoms with Gasteiger partial charge in [0.15, 0.2) is 0 Å². The summed E-state index contributed by atoms with van der Waals surface area (Å²) in [5, 5.41) is 0. The minimum Gasteiger partial charge on any atom is -0.295 e. The lowest BCUT2D eigenvalue weighted by molar-refractivity contribution is 0.205. The first-order valence-corrected chi connectivity index (χ1v) is 7.77. The first-order valence-electron chi connectivity index (χ1n) is 6.44. The van der Waals surface area contributed by atoms with Gasteiger partial charge in [-0.05, 0) is 31.5 Å². The van der Waals surface area contributed by atoms with Gasteiger partial charge in [-0.1, -0.05) is 34.8 Å². The van der Waals surface area contributed by atoms with Crippen LogP contribution in [0.2, 0.25) is 0 Å². The largest absolute Gasteiger partial charge is 0.295 e. The molecule has 0 bridgehead atoms. The summed E-state index contributed by atoms with van der Waals surface area (Å²) in [5.41, 5.74) is 0.759. The molecule has 2 rings (SSSR count). The Kier molecular flexibility index (Phi) is 5.46. The van der Waals surface area contributed by atoms with Crippen molar-refractivity contribution >= 4 is 27.5 Å². The van der Waals surface area contributed by atoms with E-state index in [-0.39, 0.29) is 5.82 Å². The van der Waals surface area contributed by atoms with Crippen LogP contribution in [0.25, 0.3) is 0 Å². The molecule has 0 saturated carbocycles. The lowest BCUT2D eigenvalue weighted by Crippen LogP contribution is -2.35. The number of hydrogen-bond acceptors (Lipinski definition) is 1. The minimum atomic E-state index is -0.137. The third kappa shape index (κ3) is 3.69. The molecular formula is C14H18BrClFN. The maximum Gasteiger partial charge on any atom is 0.128 e. The summed E-state index contributed by atoms with van der Waals surface area (Å²) in [6, 6.07) is 5.67. The summed E-state index contributed by atoms with van der Waals surface area (Å²) in [4.78, 5) is 2.33. The maximum absolute atomic E-state index is 13.8. The smallest absolute Gasteiger partial charge is 0.128 e. The molecule has 1 heterocycles. The lowest BCUT2D eigenvalue weighted by Gasteiger charge is -2.28. The van der Waals surface area contributed by atoms with Crippen molar-refractivity contribution in [2.24, 2.45) is 0 Å². The topological polar surface area (TPSA) is 3.24 Å². The molecule has 0 aromatic heterocycles. The Bertz CT molecular complexity index is 399. The van der Waals surface area contributed by atoms with Gasteiger partial charge in [0.2, 0.25) is 0 Å². The molecule has 1 aliphatic rings. The van der Waals surface area contributed by atoms with Crippen LogP contribution in [0.1, 0.15) is 31.2 Å². The van der Waals surface area contributed by atoms with Gasteiger partial charge in [0.1, 0.15) is 5.82 Å². The van der Waals surface area contributed by atoms with Gasteiger partial charge in [0, 0.05) is 28.5 Å². The van der Waals surface area contributed by atoms with Gasteiger partial charge in [-0.25, -0.2) is 4.39 Å². The van der Waals surface area contributed by atoms with Crippen molar-refractivity contribution in [3.05, 3.63) is 34.1 Å². The summed E-state index contributed by atoms with van der Waals surface area (Å²) in [7, 11) is 0. The average molecular weight is 335 g/mol. The minimum absolute atomic E-state index is 0.137. The van der Waals surface area contributed by atoms with E-state index in [4.69, 9.17) is 11.6 Å². The van der Waals surface area contributed by atoms with Crippen LogP contribution < -0.4 is 0 Å². The van der Waals surface area contributed by atoms with Crippen LogP contribution in [-0.2, 0) is 6.54 Å². The molecule has 0 radical (unpaired) electrons. The highest BCUT2D eigenvalue weighted by Crippen LogP contribution is 2.22. The Labute approximate surface area is 121 Å². The van der Waals surface area contributed by atoms with E-state index in [1.807, 2.05) is 12.1 Å². The zero-order valence-electron chi connectivity index (χ0n) is 10.3. The molecule has 0 amide bonds. The highest BCUT2D eigenvalue weighted by molar-refractivity contribution is 9.10. The SMILES string of the molecule is Fc1cc(Br)ccc1CN1CCCCCC1CCl. The predicted molar refractivity (Wildman–Crippen MR) is 77.5 cm³/mol. The monoisotopic (exact) mass is 333 g/mol. The van der Waals surface area contributed by atoms with Gasteiger partial charge >= 0.3 is 0 Å². The van der Waals surface area contributed by atoms with Crippen molar-refractivity contribution in [2.45, 2.75) is 38.3 Å². The first-order chi connectivity index (χ1) is 8.70. The van der Waals surface area contributed by atoms with Crippen molar-refractivity contribution in [3.8, 4) is 0 Å². The number of hydrogen-bond donors (Lipinski definition) is 0. The van der Waals surface area contributed by atoms with Gasteiger partial charge in [-0.2, -0.15) is 0 Å². The molecule has 0 aliphatic carbocycles. The van der Waals surface area contributed by atoms with Gasteiger partial charge in [-0.3, -0.25) is 4.90 Å². The zero-order chi connectivity index (χ0) is 13.0. The predicted octanol–water partition coefficient (Wildman–Crippen LogP) is 4.57. The van der Waals surface area contributed by atoms with E-state index in [1.54, 1.807) is 0 Å². The molecule has 1 saturated heterocycles. The van der Waals surface area contributed by atoms with Crippen LogP contribution in [0.5, 0.6) is 0 Å². The second kappa shape index (κ2) is 6.88. The molecule has 1 nitrogen and oxygen atoms in total. The average Bonchev–Trinajstić information content (AvgIpc) is 2.57. The molecule has 18 heavy (non-hydrogen) atoms. The zero-order valence-corrected chi connectivity index (χ0v) is 12.7. The molecule has 1 unspecified atom stereocenters. The van der Waals surface area contributed by atoms with E-state index in [2.05, 4.69) is 20.8 Å². The van der Waals surface area contributed by atoms with E-state index in [1.165, 1.54) is 25.3 Å². The molecule has 100 valence electrons. The van der Waals surface area contributed by atoms with Crippen molar-refractivity contribution in [1.29, 1.82) is 0 Å². The van der Waals surface area contributed by atoms with Crippen molar-refractivity contribution in [1.82, 2.24) is 4.90 Å². The summed E-state index contributed by atoms with van der Waals surface area (Å²) in [6.45, 7) is 1.68. The lowest BCUT2D eigenvalue weighted by atomic mass is 10.1.